The second kappa shape index (κ2) is 8.97. The van der Waals surface area contributed by atoms with Crippen LogP contribution in [0.15, 0.2) is 30.5 Å². The van der Waals surface area contributed by atoms with E-state index in [1.165, 1.54) is 6.07 Å². The molecule has 2 heterocycles. The molecule has 9 heteroatoms. The van der Waals surface area contributed by atoms with Gasteiger partial charge in [-0.15, -0.1) is 0 Å². The molecule has 0 aliphatic carbocycles. The number of imidazole rings is 1. The molecule has 0 fully saturated rings. The van der Waals surface area contributed by atoms with Crippen LogP contribution >= 0.6 is 0 Å². The fraction of sp³-hybridized carbons (Fsp3) is 0.300. The third-order valence-electron chi connectivity index (χ3n) is 4.22. The maximum Gasteiger partial charge on any atom is 0.293 e. The number of nitrogens with one attached hydrogen (secondary N) is 1. The first kappa shape index (κ1) is 20.7. The van der Waals surface area contributed by atoms with E-state index in [0.29, 0.717) is 17.8 Å². The van der Waals surface area contributed by atoms with Gasteiger partial charge in [0.1, 0.15) is 23.9 Å². The third kappa shape index (κ3) is 4.52. The lowest BCUT2D eigenvalue weighted by Crippen LogP contribution is -2.26. The summed E-state index contributed by atoms with van der Waals surface area (Å²) >= 11 is 0. The van der Waals surface area contributed by atoms with Crippen molar-refractivity contribution < 1.29 is 28.3 Å². The van der Waals surface area contributed by atoms with Crippen LogP contribution in [0, 0.1) is 25.5 Å². The van der Waals surface area contributed by atoms with Crippen molar-refractivity contribution in [2.24, 2.45) is 0 Å². The van der Waals surface area contributed by atoms with Crippen molar-refractivity contribution in [1.82, 2.24) is 14.9 Å². The van der Waals surface area contributed by atoms with Crippen LogP contribution in [0.1, 0.15) is 33.7 Å². The molecule has 0 atom stereocenters. The normalized spacial score (nSPS) is 11.1. The second-order valence-corrected chi connectivity index (χ2v) is 6.47. The van der Waals surface area contributed by atoms with Crippen LogP contribution in [0.5, 0.6) is 5.75 Å². The predicted molar refractivity (Wildman–Crippen MR) is 100 cm³/mol. The number of aliphatic hydroxyl groups is 1. The van der Waals surface area contributed by atoms with E-state index in [9.17, 15) is 13.6 Å². The molecule has 0 aliphatic heterocycles. The summed E-state index contributed by atoms with van der Waals surface area (Å²) in [7, 11) is 0. The average Bonchev–Trinajstić information content (AvgIpc) is 3.00. The Balaban J connectivity index is 1.89. The van der Waals surface area contributed by atoms with Crippen LogP contribution < -0.4 is 10.2 Å². The summed E-state index contributed by atoms with van der Waals surface area (Å²) in [5, 5.41) is 8.76. The number of pyridine rings is 1. The van der Waals surface area contributed by atoms with Gasteiger partial charge in [0, 0.05) is 12.8 Å². The molecule has 1 amide bonds. The summed E-state index contributed by atoms with van der Waals surface area (Å²) in [6, 6.07) is 5.28. The number of carbonyl (C=O) groups excluding carboxylic acids is 1. The largest absolute Gasteiger partial charge is 0.485 e. The van der Waals surface area contributed by atoms with Crippen LogP contribution in [-0.4, -0.2) is 33.6 Å². The van der Waals surface area contributed by atoms with Crippen molar-refractivity contribution in [3.8, 4) is 5.75 Å². The Hall–Kier alpha value is -3.04. The number of hydroxylamine groups is 1. The maximum atomic E-state index is 13.9. The van der Waals surface area contributed by atoms with E-state index in [2.05, 4.69) is 10.5 Å². The smallest absolute Gasteiger partial charge is 0.293 e. The number of amides is 1. The number of carbonyl (C=O) groups is 1. The van der Waals surface area contributed by atoms with Crippen LogP contribution in [0.2, 0.25) is 0 Å². The van der Waals surface area contributed by atoms with Crippen molar-refractivity contribution in [3.05, 3.63) is 64.6 Å². The average molecular weight is 405 g/mol. The van der Waals surface area contributed by atoms with E-state index in [1.54, 1.807) is 30.5 Å². The van der Waals surface area contributed by atoms with Gasteiger partial charge in [0.25, 0.3) is 5.91 Å². The van der Waals surface area contributed by atoms with Gasteiger partial charge in [-0.3, -0.25) is 14.0 Å². The first-order chi connectivity index (χ1) is 13.9. The summed E-state index contributed by atoms with van der Waals surface area (Å²) in [4.78, 5) is 21.9. The van der Waals surface area contributed by atoms with Crippen molar-refractivity contribution in [2.45, 2.75) is 26.9 Å². The maximum absolute atomic E-state index is 13.9. The Bertz CT molecular complexity index is 1020. The van der Waals surface area contributed by atoms with Gasteiger partial charge in [-0.1, -0.05) is 6.07 Å². The number of ether oxygens (including phenoxy) is 1. The molecule has 3 aromatic rings. The highest BCUT2D eigenvalue weighted by Crippen LogP contribution is 2.26. The molecular weight excluding hydrogens is 384 g/mol. The number of aryl methyl sites for hydroxylation is 2. The molecule has 0 aliphatic rings. The Morgan fingerprint density at radius 2 is 2.00 bits per heavy atom. The lowest BCUT2D eigenvalue weighted by atomic mass is 10.2. The summed E-state index contributed by atoms with van der Waals surface area (Å²) in [5.41, 5.74) is 3.90. The lowest BCUT2D eigenvalue weighted by molar-refractivity contribution is 0.0256. The summed E-state index contributed by atoms with van der Waals surface area (Å²) in [5.74, 6) is -1.62. The van der Waals surface area contributed by atoms with E-state index in [0.717, 1.165) is 17.7 Å². The number of hydrogen-bond donors (Lipinski definition) is 2. The van der Waals surface area contributed by atoms with Crippen molar-refractivity contribution in [1.29, 1.82) is 0 Å². The van der Waals surface area contributed by atoms with Crippen LogP contribution in [0.3, 0.4) is 0 Å². The molecule has 1 aromatic carbocycles. The van der Waals surface area contributed by atoms with Gasteiger partial charge < -0.3 is 9.84 Å². The van der Waals surface area contributed by atoms with Crippen molar-refractivity contribution >= 4 is 11.6 Å². The highest BCUT2D eigenvalue weighted by atomic mass is 19.1. The van der Waals surface area contributed by atoms with E-state index in [4.69, 9.17) is 14.7 Å². The zero-order valence-electron chi connectivity index (χ0n) is 16.0. The summed E-state index contributed by atoms with van der Waals surface area (Å²) < 4.78 is 34.9. The number of nitrogens with zero attached hydrogens (tertiary/aromatic N) is 2. The number of halogens is 2. The van der Waals surface area contributed by atoms with Gasteiger partial charge in [0.15, 0.2) is 11.4 Å². The van der Waals surface area contributed by atoms with E-state index in [-0.39, 0.29) is 36.8 Å². The monoisotopic (exact) mass is 405 g/mol. The first-order valence-corrected chi connectivity index (χ1v) is 9.00. The van der Waals surface area contributed by atoms with Crippen molar-refractivity contribution in [3.63, 3.8) is 0 Å². The molecule has 0 saturated carbocycles. The quantitative estimate of drug-likeness (QED) is 0.445. The molecule has 7 nitrogen and oxygen atoms in total. The number of rotatable bonds is 8. The van der Waals surface area contributed by atoms with Gasteiger partial charge in [-0.2, -0.15) is 0 Å². The molecule has 2 N–H and O–H groups in total. The van der Waals surface area contributed by atoms with Crippen LogP contribution in [-0.2, 0) is 11.4 Å². The van der Waals surface area contributed by atoms with Gasteiger partial charge in [0.05, 0.1) is 17.9 Å². The van der Waals surface area contributed by atoms with Crippen LogP contribution in [0.25, 0.3) is 5.65 Å². The fourth-order valence-corrected chi connectivity index (χ4v) is 2.86. The molecule has 3 rings (SSSR count). The Kier molecular flexibility index (Phi) is 6.40. The number of aliphatic hydroxyl groups excluding tert-OH is 1. The van der Waals surface area contributed by atoms with Gasteiger partial charge in [0.2, 0.25) is 0 Å². The Labute approximate surface area is 165 Å². The highest BCUT2D eigenvalue weighted by Gasteiger charge is 2.20. The number of benzene rings is 1. The van der Waals surface area contributed by atoms with E-state index >= 15 is 0 Å². The molecule has 154 valence electrons. The molecule has 0 unspecified atom stereocenters. The van der Waals surface area contributed by atoms with Gasteiger partial charge >= 0.3 is 0 Å². The Morgan fingerprint density at radius 3 is 2.69 bits per heavy atom. The SMILES string of the molecule is Cc1cc(OCc2c(F)cccc2F)c2nc(C)c(C(=O)NOCCCO)n2c1. The molecule has 0 saturated heterocycles. The minimum atomic E-state index is -0.701. The molecule has 0 radical (unpaired) electrons. The predicted octanol–water partition coefficient (Wildman–Crippen LogP) is 2.85. The minimum absolute atomic E-state index is 0.0486. The molecule has 0 bridgehead atoms. The lowest BCUT2D eigenvalue weighted by Gasteiger charge is -2.11. The fourth-order valence-electron chi connectivity index (χ4n) is 2.86. The first-order valence-electron chi connectivity index (χ1n) is 9.00. The summed E-state index contributed by atoms with van der Waals surface area (Å²) in [6.45, 7) is 3.25. The molecular formula is C20H21F2N3O4. The number of aromatic nitrogens is 2. The minimum Gasteiger partial charge on any atom is -0.485 e. The number of fused-ring (bicyclic) bond motifs is 1. The summed E-state index contributed by atoms with van der Waals surface area (Å²) in [6.07, 6.45) is 2.09. The van der Waals surface area contributed by atoms with E-state index < -0.39 is 17.5 Å². The van der Waals surface area contributed by atoms with Gasteiger partial charge in [-0.25, -0.2) is 19.2 Å². The molecule has 2 aromatic heterocycles. The van der Waals surface area contributed by atoms with Crippen LogP contribution in [0.4, 0.5) is 8.78 Å². The zero-order chi connectivity index (χ0) is 21.0. The standard InChI is InChI=1S/C20H21F2N3O4/c1-12-9-17(28-11-14-15(21)5-3-6-16(14)22)19-23-13(2)18(25(19)10-12)20(27)24-29-8-4-7-26/h3,5-6,9-10,26H,4,7-8,11H2,1-2H3,(H,24,27). The van der Waals surface area contributed by atoms with Gasteiger partial charge in [-0.05, 0) is 44.0 Å². The zero-order valence-corrected chi connectivity index (χ0v) is 16.0. The number of hydrogen-bond acceptors (Lipinski definition) is 5. The van der Waals surface area contributed by atoms with Crippen molar-refractivity contribution in [2.75, 3.05) is 13.2 Å². The highest BCUT2D eigenvalue weighted by molar-refractivity contribution is 5.94. The third-order valence-corrected chi connectivity index (χ3v) is 4.22. The topological polar surface area (TPSA) is 85.1 Å². The second-order valence-electron chi connectivity index (χ2n) is 6.47. The molecule has 0 spiro atoms. The van der Waals surface area contributed by atoms with E-state index in [1.807, 2.05) is 0 Å². The molecule has 29 heavy (non-hydrogen) atoms. The Morgan fingerprint density at radius 1 is 1.28 bits per heavy atom.